The maximum atomic E-state index is 13.3. The Balaban J connectivity index is 1.68. The van der Waals surface area contributed by atoms with Gasteiger partial charge in [0, 0.05) is 25.2 Å². The molecule has 8 nitrogen and oxygen atoms in total. The summed E-state index contributed by atoms with van der Waals surface area (Å²) in [4.78, 5) is 52.9. The van der Waals surface area contributed by atoms with Crippen molar-refractivity contribution in [3.8, 4) is 0 Å². The molecule has 0 aromatic heterocycles. The molecule has 0 N–H and O–H groups in total. The van der Waals surface area contributed by atoms with Gasteiger partial charge in [0.15, 0.2) is 0 Å². The van der Waals surface area contributed by atoms with Crippen LogP contribution in [0.15, 0.2) is 36.4 Å². The van der Waals surface area contributed by atoms with E-state index in [0.717, 1.165) is 6.42 Å². The molecule has 1 aromatic carbocycles. The fourth-order valence-electron chi connectivity index (χ4n) is 5.28. The lowest BCUT2D eigenvalue weighted by Gasteiger charge is -2.30. The lowest BCUT2D eigenvalue weighted by molar-refractivity contribution is -0.384. The average molecular weight is 411 g/mol. The van der Waals surface area contributed by atoms with Crippen molar-refractivity contribution in [2.45, 2.75) is 32.7 Å². The molecule has 1 saturated carbocycles. The van der Waals surface area contributed by atoms with Crippen LogP contribution in [0, 0.1) is 33.8 Å². The van der Waals surface area contributed by atoms with Crippen molar-refractivity contribution in [1.82, 2.24) is 9.80 Å². The van der Waals surface area contributed by atoms with Gasteiger partial charge in [0.1, 0.15) is 0 Å². The zero-order valence-corrected chi connectivity index (χ0v) is 17.1. The van der Waals surface area contributed by atoms with Crippen LogP contribution in [0.4, 0.5) is 5.69 Å². The van der Waals surface area contributed by atoms with E-state index >= 15 is 0 Å². The summed E-state index contributed by atoms with van der Waals surface area (Å²) in [7, 11) is 0. The zero-order chi connectivity index (χ0) is 21.6. The molecular formula is C22H25N3O5. The first-order chi connectivity index (χ1) is 14.4. The zero-order valence-electron chi connectivity index (χ0n) is 17.1. The number of amides is 3. The molecule has 5 atom stereocenters. The fraction of sp³-hybridized carbons (Fsp3) is 0.500. The van der Waals surface area contributed by atoms with Gasteiger partial charge in [-0.1, -0.05) is 24.3 Å². The molecule has 3 aliphatic rings. The molecule has 2 fully saturated rings. The van der Waals surface area contributed by atoms with Crippen LogP contribution in [0.25, 0.3) is 0 Å². The van der Waals surface area contributed by atoms with Crippen LogP contribution in [-0.4, -0.2) is 45.5 Å². The van der Waals surface area contributed by atoms with E-state index < -0.39 is 11.0 Å². The highest BCUT2D eigenvalue weighted by Crippen LogP contribution is 2.54. The number of carbonyl (C=O) groups is 3. The Bertz CT molecular complexity index is 891. The quantitative estimate of drug-likeness (QED) is 0.297. The molecule has 1 aromatic rings. The molecule has 4 rings (SSSR count). The number of allylic oxidation sites excluding steroid dienone is 2. The molecule has 3 amide bonds. The Morgan fingerprint density at radius 2 is 1.63 bits per heavy atom. The fourth-order valence-corrected chi connectivity index (χ4v) is 5.28. The largest absolute Gasteiger partial charge is 0.343 e. The Hall–Kier alpha value is -3.03. The van der Waals surface area contributed by atoms with Gasteiger partial charge >= 0.3 is 0 Å². The van der Waals surface area contributed by atoms with Crippen molar-refractivity contribution in [3.63, 3.8) is 0 Å². The first-order valence-corrected chi connectivity index (χ1v) is 10.4. The summed E-state index contributed by atoms with van der Waals surface area (Å²) in [5.74, 6) is -1.14. The minimum atomic E-state index is -0.760. The van der Waals surface area contributed by atoms with E-state index in [-0.39, 0.29) is 53.5 Å². The number of nitro benzene ring substituents is 1. The third-order valence-corrected chi connectivity index (χ3v) is 6.79. The van der Waals surface area contributed by atoms with Gasteiger partial charge in [-0.05, 0) is 37.7 Å². The van der Waals surface area contributed by atoms with E-state index in [1.165, 1.54) is 17.0 Å². The van der Waals surface area contributed by atoms with Crippen molar-refractivity contribution in [2.24, 2.45) is 23.7 Å². The maximum Gasteiger partial charge on any atom is 0.269 e. The monoisotopic (exact) mass is 411 g/mol. The molecule has 8 heteroatoms. The highest BCUT2D eigenvalue weighted by Gasteiger charge is 2.60. The van der Waals surface area contributed by atoms with Crippen LogP contribution in [-0.2, 0) is 14.4 Å². The Morgan fingerprint density at radius 1 is 1.10 bits per heavy atom. The molecule has 5 unspecified atom stereocenters. The third kappa shape index (κ3) is 3.11. The number of likely N-dealkylation sites (tertiary alicyclic amines) is 1. The standard InChI is InChI=1S/C22H25N3O5/c1-3-23(4-2)18(26)12-17(13-7-9-16(10-8-13)25(29)30)24-21(27)19-14-5-6-15(11-14)20(19)22(24)28/h5-10,14-15,17,19-20H,3-4,11-12H2,1-2H3. The summed E-state index contributed by atoms with van der Waals surface area (Å²) in [5, 5.41) is 11.0. The van der Waals surface area contributed by atoms with E-state index in [1.807, 2.05) is 26.0 Å². The summed E-state index contributed by atoms with van der Waals surface area (Å²) >= 11 is 0. The maximum absolute atomic E-state index is 13.3. The van der Waals surface area contributed by atoms with Crippen molar-refractivity contribution in [3.05, 3.63) is 52.1 Å². The van der Waals surface area contributed by atoms with Gasteiger partial charge in [-0.3, -0.25) is 29.4 Å². The highest BCUT2D eigenvalue weighted by molar-refractivity contribution is 6.07. The van der Waals surface area contributed by atoms with E-state index in [2.05, 4.69) is 0 Å². The summed E-state index contributed by atoms with van der Waals surface area (Å²) < 4.78 is 0. The number of nitro groups is 1. The first-order valence-electron chi connectivity index (χ1n) is 10.4. The molecule has 158 valence electrons. The van der Waals surface area contributed by atoms with Gasteiger partial charge in [0.25, 0.3) is 5.69 Å². The van der Waals surface area contributed by atoms with Crippen molar-refractivity contribution >= 4 is 23.4 Å². The first kappa shape index (κ1) is 20.3. The second-order valence-electron chi connectivity index (χ2n) is 8.18. The molecule has 1 heterocycles. The van der Waals surface area contributed by atoms with Gasteiger partial charge in [-0.25, -0.2) is 0 Å². The van der Waals surface area contributed by atoms with E-state index in [4.69, 9.17) is 0 Å². The minimum Gasteiger partial charge on any atom is -0.343 e. The van der Waals surface area contributed by atoms with Crippen LogP contribution >= 0.6 is 0 Å². The number of nitrogens with zero attached hydrogens (tertiary/aromatic N) is 3. The summed E-state index contributed by atoms with van der Waals surface area (Å²) in [6.45, 7) is 4.82. The predicted molar refractivity (Wildman–Crippen MR) is 108 cm³/mol. The van der Waals surface area contributed by atoms with Gasteiger partial charge in [0.2, 0.25) is 17.7 Å². The van der Waals surface area contributed by atoms with Crippen molar-refractivity contribution in [1.29, 1.82) is 0 Å². The van der Waals surface area contributed by atoms with Gasteiger partial charge in [-0.15, -0.1) is 0 Å². The number of fused-ring (bicyclic) bond motifs is 5. The Morgan fingerprint density at radius 3 is 2.10 bits per heavy atom. The summed E-state index contributed by atoms with van der Waals surface area (Å²) in [5.41, 5.74) is 0.480. The lowest BCUT2D eigenvalue weighted by atomic mass is 9.85. The predicted octanol–water partition coefficient (Wildman–Crippen LogP) is 2.70. The van der Waals surface area contributed by atoms with Crippen LogP contribution in [0.1, 0.15) is 38.3 Å². The van der Waals surface area contributed by atoms with Crippen LogP contribution in [0.2, 0.25) is 0 Å². The van der Waals surface area contributed by atoms with Gasteiger partial charge in [0.05, 0.1) is 29.2 Å². The number of rotatable bonds is 7. The number of imide groups is 1. The SMILES string of the molecule is CCN(CC)C(=O)CC(c1ccc([N+](=O)[O-])cc1)N1C(=O)C2C3C=CC(C3)C2C1=O. The molecule has 0 spiro atoms. The molecule has 1 aliphatic heterocycles. The summed E-state index contributed by atoms with van der Waals surface area (Å²) in [6.07, 6.45) is 4.87. The number of carbonyl (C=O) groups excluding carboxylic acids is 3. The van der Waals surface area contributed by atoms with E-state index in [1.54, 1.807) is 17.0 Å². The topological polar surface area (TPSA) is 101 Å². The van der Waals surface area contributed by atoms with E-state index in [0.29, 0.717) is 18.7 Å². The van der Waals surface area contributed by atoms with Crippen molar-refractivity contribution in [2.75, 3.05) is 13.1 Å². The molecule has 1 saturated heterocycles. The minimum absolute atomic E-state index is 0.0286. The van der Waals surface area contributed by atoms with Gasteiger partial charge in [-0.2, -0.15) is 0 Å². The van der Waals surface area contributed by atoms with Crippen molar-refractivity contribution < 1.29 is 19.3 Å². The summed E-state index contributed by atoms with van der Waals surface area (Å²) in [6, 6.07) is 5.02. The number of non-ortho nitro benzene ring substituents is 1. The molecule has 30 heavy (non-hydrogen) atoms. The Labute approximate surface area is 174 Å². The molecule has 2 aliphatic carbocycles. The smallest absolute Gasteiger partial charge is 0.269 e. The highest BCUT2D eigenvalue weighted by atomic mass is 16.6. The molecular weight excluding hydrogens is 386 g/mol. The van der Waals surface area contributed by atoms with E-state index in [9.17, 15) is 24.5 Å². The second kappa shape index (κ2) is 7.66. The third-order valence-electron chi connectivity index (χ3n) is 6.79. The average Bonchev–Trinajstić information content (AvgIpc) is 3.41. The molecule has 2 bridgehead atoms. The second-order valence-corrected chi connectivity index (χ2v) is 8.18. The Kier molecular flexibility index (Phi) is 5.17. The number of hydrogen-bond acceptors (Lipinski definition) is 5. The van der Waals surface area contributed by atoms with Crippen LogP contribution in [0.5, 0.6) is 0 Å². The number of hydrogen-bond donors (Lipinski definition) is 0. The van der Waals surface area contributed by atoms with Crippen LogP contribution < -0.4 is 0 Å². The van der Waals surface area contributed by atoms with Crippen LogP contribution in [0.3, 0.4) is 0 Å². The lowest BCUT2D eigenvalue weighted by Crippen LogP contribution is -2.40. The number of benzene rings is 1. The van der Waals surface area contributed by atoms with Gasteiger partial charge < -0.3 is 4.90 Å². The molecule has 0 radical (unpaired) electrons. The normalized spacial score (nSPS) is 27.5.